The van der Waals surface area contributed by atoms with Gasteiger partial charge < -0.3 is 9.64 Å². The molecule has 6 heteroatoms. The summed E-state index contributed by atoms with van der Waals surface area (Å²) in [6.45, 7) is 9.25. The van der Waals surface area contributed by atoms with Gasteiger partial charge in [-0.3, -0.25) is 4.79 Å². The Balaban J connectivity index is 1.49. The van der Waals surface area contributed by atoms with E-state index in [1.54, 1.807) is 42.5 Å². The summed E-state index contributed by atoms with van der Waals surface area (Å²) in [5, 5.41) is 0. The third-order valence-corrected chi connectivity index (χ3v) is 10.6. The molecule has 1 fully saturated rings. The van der Waals surface area contributed by atoms with Crippen molar-refractivity contribution in [3.05, 3.63) is 88.7 Å². The van der Waals surface area contributed by atoms with E-state index in [0.29, 0.717) is 11.3 Å². The predicted molar refractivity (Wildman–Crippen MR) is 143 cm³/mol. The van der Waals surface area contributed by atoms with E-state index in [2.05, 4.69) is 44.0 Å². The van der Waals surface area contributed by atoms with Crippen molar-refractivity contribution in [2.75, 3.05) is 7.05 Å². The highest BCUT2D eigenvalue weighted by molar-refractivity contribution is 7.93. The Morgan fingerprint density at radius 2 is 1.69 bits per heavy atom. The van der Waals surface area contributed by atoms with Gasteiger partial charge in [0.15, 0.2) is 15.6 Å². The van der Waals surface area contributed by atoms with Gasteiger partial charge in [-0.05, 0) is 95.5 Å². The number of rotatable bonds is 4. The third-order valence-electron chi connectivity index (χ3n) is 8.13. The number of likely N-dealkylation sites (tertiary alicyclic amines) is 1. The monoisotopic (exact) mass is 503 g/mol. The van der Waals surface area contributed by atoms with E-state index in [9.17, 15) is 13.2 Å². The van der Waals surface area contributed by atoms with Crippen LogP contribution < -0.4 is 4.74 Å². The molecular formula is C30H33NO4S. The van der Waals surface area contributed by atoms with Gasteiger partial charge in [0.25, 0.3) is 0 Å². The second-order valence-electron chi connectivity index (χ2n) is 11.0. The molecule has 5 nitrogen and oxygen atoms in total. The molecule has 1 atom stereocenters. The van der Waals surface area contributed by atoms with Crippen LogP contribution >= 0.6 is 0 Å². The zero-order valence-corrected chi connectivity index (χ0v) is 22.6. The maximum atomic E-state index is 13.5. The van der Waals surface area contributed by atoms with E-state index in [0.717, 1.165) is 24.0 Å². The molecule has 1 saturated heterocycles. The number of carbonyl (C=O) groups is 1. The SMILES string of the molecule is Cc1ccc(S(=O)(=O)C(C)(C)C(=O)c2ccc3c(c2)C=CC2(O3)N(C)C3=CCCC=C3C2(C)C)cc1. The number of benzene rings is 2. The van der Waals surface area contributed by atoms with Crippen LogP contribution in [0.3, 0.4) is 0 Å². The fourth-order valence-electron chi connectivity index (χ4n) is 5.66. The number of carbonyl (C=O) groups excluding carboxylic acids is 1. The molecule has 1 aliphatic carbocycles. The molecule has 188 valence electrons. The maximum Gasteiger partial charge on any atom is 0.211 e. The summed E-state index contributed by atoms with van der Waals surface area (Å²) in [5.41, 5.74) is 3.60. The second kappa shape index (κ2) is 7.94. The van der Waals surface area contributed by atoms with E-state index in [-0.39, 0.29) is 10.3 Å². The van der Waals surface area contributed by atoms with Crippen LogP contribution in [-0.4, -0.2) is 36.6 Å². The van der Waals surface area contributed by atoms with Gasteiger partial charge >= 0.3 is 0 Å². The van der Waals surface area contributed by atoms with Crippen molar-refractivity contribution in [3.8, 4) is 5.75 Å². The Hall–Kier alpha value is -3.12. The molecule has 1 unspecified atom stereocenters. The summed E-state index contributed by atoms with van der Waals surface area (Å²) in [7, 11) is -1.83. The van der Waals surface area contributed by atoms with Gasteiger partial charge in [0.1, 0.15) is 10.5 Å². The number of ketones is 1. The van der Waals surface area contributed by atoms with Gasteiger partial charge in [0, 0.05) is 23.9 Å². The minimum atomic E-state index is -3.90. The van der Waals surface area contributed by atoms with Crippen molar-refractivity contribution in [3.63, 3.8) is 0 Å². The van der Waals surface area contributed by atoms with Crippen LogP contribution in [0, 0.1) is 12.3 Å². The summed E-state index contributed by atoms with van der Waals surface area (Å²) in [4.78, 5) is 15.9. The number of likely N-dealkylation sites (N-methyl/N-ethyl adjacent to an activating group) is 1. The number of Topliss-reactive ketones (excluding diaryl/α,β-unsaturated/α-hetero) is 1. The fourth-order valence-corrected chi connectivity index (χ4v) is 7.11. The smallest absolute Gasteiger partial charge is 0.211 e. The molecule has 2 aliphatic heterocycles. The first-order valence-electron chi connectivity index (χ1n) is 12.4. The highest BCUT2D eigenvalue weighted by atomic mass is 32.2. The standard InChI is InChI=1S/C30H33NO4S/c1-20-11-14-23(15-12-20)36(33,34)29(4,5)27(32)22-13-16-26-21(19-22)17-18-30(35-26)28(2,3)24-9-7-8-10-25(24)31(30)6/h9-19H,7-8H2,1-6H3. The number of fused-ring (bicyclic) bond motifs is 2. The maximum absolute atomic E-state index is 13.5. The van der Waals surface area contributed by atoms with Crippen LogP contribution in [0.1, 0.15) is 62.0 Å². The first kappa shape index (κ1) is 24.6. The number of hydrogen-bond acceptors (Lipinski definition) is 5. The second-order valence-corrected chi connectivity index (χ2v) is 13.5. The van der Waals surface area contributed by atoms with E-state index < -0.39 is 26.1 Å². The molecule has 0 amide bonds. The van der Waals surface area contributed by atoms with Crippen molar-refractivity contribution in [1.29, 1.82) is 0 Å². The van der Waals surface area contributed by atoms with Gasteiger partial charge in [-0.1, -0.05) is 29.8 Å². The van der Waals surface area contributed by atoms with Gasteiger partial charge in [0.2, 0.25) is 5.72 Å². The van der Waals surface area contributed by atoms with Crippen molar-refractivity contribution < 1.29 is 17.9 Å². The lowest BCUT2D eigenvalue weighted by Crippen LogP contribution is -2.54. The lowest BCUT2D eigenvalue weighted by molar-refractivity contribution is -0.0548. The van der Waals surface area contributed by atoms with Crippen molar-refractivity contribution in [1.82, 2.24) is 4.90 Å². The van der Waals surface area contributed by atoms with Crippen molar-refractivity contribution >= 4 is 21.7 Å². The molecule has 0 bridgehead atoms. The zero-order chi connectivity index (χ0) is 26.1. The molecule has 2 heterocycles. The molecule has 1 spiro atoms. The first-order valence-corrected chi connectivity index (χ1v) is 13.8. The third kappa shape index (κ3) is 3.27. The van der Waals surface area contributed by atoms with E-state index in [4.69, 9.17) is 4.74 Å². The van der Waals surface area contributed by atoms with Crippen LogP contribution in [0.4, 0.5) is 0 Å². The van der Waals surface area contributed by atoms with Crippen LogP contribution in [0.5, 0.6) is 5.75 Å². The average Bonchev–Trinajstić information content (AvgIpc) is 3.01. The Labute approximate surface area is 214 Å². The molecule has 2 aromatic carbocycles. The lowest BCUT2D eigenvalue weighted by atomic mass is 9.75. The highest BCUT2D eigenvalue weighted by Crippen LogP contribution is 2.57. The Morgan fingerprint density at radius 3 is 2.36 bits per heavy atom. The zero-order valence-electron chi connectivity index (χ0n) is 21.8. The van der Waals surface area contributed by atoms with Gasteiger partial charge in [-0.2, -0.15) is 0 Å². The van der Waals surface area contributed by atoms with Gasteiger partial charge in [0.05, 0.1) is 10.3 Å². The van der Waals surface area contributed by atoms with Crippen LogP contribution in [0.15, 0.2) is 76.9 Å². The highest BCUT2D eigenvalue weighted by Gasteiger charge is 2.59. The van der Waals surface area contributed by atoms with Crippen LogP contribution in [-0.2, 0) is 9.84 Å². The molecule has 36 heavy (non-hydrogen) atoms. The lowest BCUT2D eigenvalue weighted by Gasteiger charge is -2.45. The minimum absolute atomic E-state index is 0.145. The van der Waals surface area contributed by atoms with Gasteiger partial charge in [-0.25, -0.2) is 8.42 Å². The Morgan fingerprint density at radius 1 is 1.03 bits per heavy atom. The molecule has 3 aliphatic rings. The topological polar surface area (TPSA) is 63.7 Å². The number of sulfone groups is 1. The van der Waals surface area contributed by atoms with E-state index >= 15 is 0 Å². The largest absolute Gasteiger partial charge is 0.463 e. The average molecular weight is 504 g/mol. The number of hydrogen-bond donors (Lipinski definition) is 0. The van der Waals surface area contributed by atoms with Gasteiger partial charge in [-0.15, -0.1) is 0 Å². The molecule has 0 aromatic heterocycles. The van der Waals surface area contributed by atoms with E-state index in [1.165, 1.54) is 25.1 Å². The Bertz CT molecular complexity index is 1460. The Kier molecular flexibility index (Phi) is 5.42. The molecule has 0 radical (unpaired) electrons. The quantitative estimate of drug-likeness (QED) is 0.471. The number of nitrogens with zero attached hydrogens (tertiary/aromatic N) is 1. The molecular weight excluding hydrogens is 470 g/mol. The van der Waals surface area contributed by atoms with Crippen LogP contribution in [0.2, 0.25) is 0 Å². The molecule has 2 aromatic rings. The first-order chi connectivity index (χ1) is 16.8. The van der Waals surface area contributed by atoms with Crippen LogP contribution in [0.25, 0.3) is 6.08 Å². The minimum Gasteiger partial charge on any atom is -0.463 e. The molecule has 5 rings (SSSR count). The van der Waals surface area contributed by atoms with Crippen molar-refractivity contribution in [2.24, 2.45) is 5.41 Å². The van der Waals surface area contributed by atoms with Crippen molar-refractivity contribution in [2.45, 2.75) is 62.8 Å². The number of allylic oxidation sites excluding steroid dienone is 3. The normalized spacial score (nSPS) is 22.4. The fraction of sp³-hybridized carbons (Fsp3) is 0.367. The molecule has 0 saturated carbocycles. The summed E-state index contributed by atoms with van der Waals surface area (Å²) < 4.78 is 31.9. The number of ether oxygens (including phenoxy) is 1. The predicted octanol–water partition coefficient (Wildman–Crippen LogP) is 6.11. The summed E-state index contributed by atoms with van der Waals surface area (Å²) >= 11 is 0. The van der Waals surface area contributed by atoms with E-state index in [1.807, 2.05) is 13.0 Å². The number of aryl methyl sites for hydroxylation is 1. The molecule has 0 N–H and O–H groups in total. The summed E-state index contributed by atoms with van der Waals surface area (Å²) in [6.07, 6.45) is 10.7. The summed E-state index contributed by atoms with van der Waals surface area (Å²) in [5.74, 6) is 0.229. The summed E-state index contributed by atoms with van der Waals surface area (Å²) in [6, 6.07) is 11.8.